The summed E-state index contributed by atoms with van der Waals surface area (Å²) in [6.07, 6.45) is 0.0497. The van der Waals surface area contributed by atoms with Crippen LogP contribution in [0.25, 0.3) is 6.08 Å². The van der Waals surface area contributed by atoms with Crippen LogP contribution in [0.3, 0.4) is 0 Å². The van der Waals surface area contributed by atoms with E-state index in [1.54, 1.807) is 6.08 Å². The highest BCUT2D eigenvalue weighted by atomic mass is 19.4. The molecule has 0 atom stereocenters. The van der Waals surface area contributed by atoms with E-state index in [0.717, 1.165) is 25.1 Å². The molecule has 0 fully saturated rings. The minimum Gasteiger partial charge on any atom is -0.324 e. The maximum atomic E-state index is 12.5. The normalized spacial score (nSPS) is 12.1. The molecule has 0 saturated heterocycles. The average molecular weight is 259 g/mol. The largest absolute Gasteiger partial charge is 0.416 e. The van der Waals surface area contributed by atoms with Gasteiger partial charge in [0, 0.05) is 0 Å². The molecule has 0 aliphatic carbocycles. The van der Waals surface area contributed by atoms with Crippen molar-refractivity contribution in [2.45, 2.75) is 12.6 Å². The van der Waals surface area contributed by atoms with Crippen molar-refractivity contribution in [2.75, 3.05) is 19.0 Å². The first kappa shape index (κ1) is 14.5. The summed E-state index contributed by atoms with van der Waals surface area (Å²) >= 11 is 0. The molecule has 100 valence electrons. The quantitative estimate of drug-likeness (QED) is 0.433. The highest BCUT2D eigenvalue weighted by molar-refractivity contribution is 5.67. The Hall–Kier alpha value is -1.53. The van der Waals surface area contributed by atoms with Gasteiger partial charge in [0.2, 0.25) is 0 Å². The molecule has 3 nitrogen and oxygen atoms in total. The average Bonchev–Trinajstić information content (AvgIpc) is 2.33. The van der Waals surface area contributed by atoms with Crippen LogP contribution < -0.4 is 16.6 Å². The van der Waals surface area contributed by atoms with Gasteiger partial charge in [-0.25, -0.2) is 0 Å². The first-order valence-corrected chi connectivity index (χ1v) is 5.48. The maximum Gasteiger partial charge on any atom is 0.416 e. The van der Waals surface area contributed by atoms with Crippen LogP contribution in [-0.4, -0.2) is 13.6 Å². The summed E-state index contributed by atoms with van der Waals surface area (Å²) in [7, 11) is 1.83. The Morgan fingerprint density at radius 2 is 2.06 bits per heavy atom. The van der Waals surface area contributed by atoms with Gasteiger partial charge in [-0.2, -0.15) is 13.2 Å². The van der Waals surface area contributed by atoms with Gasteiger partial charge in [0.05, 0.1) is 11.3 Å². The van der Waals surface area contributed by atoms with E-state index in [9.17, 15) is 13.2 Å². The van der Waals surface area contributed by atoms with E-state index in [-0.39, 0.29) is 5.69 Å². The van der Waals surface area contributed by atoms with Gasteiger partial charge in [-0.05, 0) is 37.7 Å². The van der Waals surface area contributed by atoms with Crippen molar-refractivity contribution in [1.29, 1.82) is 0 Å². The molecule has 0 aliphatic rings. The van der Waals surface area contributed by atoms with Crippen molar-refractivity contribution in [3.05, 3.63) is 35.4 Å². The molecule has 0 saturated carbocycles. The number of hydrazine groups is 1. The van der Waals surface area contributed by atoms with Crippen LogP contribution in [0.15, 0.2) is 24.3 Å². The number of nitrogens with one attached hydrogen (secondary N) is 2. The lowest BCUT2D eigenvalue weighted by Gasteiger charge is -2.11. The molecule has 0 aliphatic heterocycles. The molecule has 0 heterocycles. The lowest BCUT2D eigenvalue weighted by atomic mass is 10.1. The zero-order valence-electron chi connectivity index (χ0n) is 10.0. The van der Waals surface area contributed by atoms with E-state index in [1.165, 1.54) is 6.07 Å². The summed E-state index contributed by atoms with van der Waals surface area (Å²) in [6.45, 7) is 0.808. The van der Waals surface area contributed by atoms with Crippen LogP contribution in [0.4, 0.5) is 18.9 Å². The van der Waals surface area contributed by atoms with Crippen LogP contribution in [0.5, 0.6) is 0 Å². The standard InChI is InChI=1S/C12H16F3N3/c1-17-7-3-2-4-9-5-6-10(12(13,14)15)8-11(9)18-16/h2,4-6,8,17-18H,3,7,16H2,1H3. The third kappa shape index (κ3) is 4.05. The molecule has 1 aromatic carbocycles. The first-order chi connectivity index (χ1) is 8.49. The Kier molecular flexibility index (Phi) is 5.18. The SMILES string of the molecule is CNCCC=Cc1ccc(C(F)(F)F)cc1NN. The van der Waals surface area contributed by atoms with Crippen molar-refractivity contribution in [3.63, 3.8) is 0 Å². The Bertz CT molecular complexity index is 414. The molecule has 18 heavy (non-hydrogen) atoms. The molecule has 0 bridgehead atoms. The van der Waals surface area contributed by atoms with Gasteiger partial charge >= 0.3 is 6.18 Å². The molecule has 1 aromatic rings. The van der Waals surface area contributed by atoms with Crippen molar-refractivity contribution >= 4 is 11.8 Å². The Morgan fingerprint density at radius 1 is 1.33 bits per heavy atom. The summed E-state index contributed by atoms with van der Waals surface area (Å²) in [5.41, 5.74) is 2.44. The van der Waals surface area contributed by atoms with Gasteiger partial charge in [-0.3, -0.25) is 5.84 Å². The minimum atomic E-state index is -4.36. The maximum absolute atomic E-state index is 12.5. The van der Waals surface area contributed by atoms with Crippen molar-refractivity contribution in [3.8, 4) is 0 Å². The summed E-state index contributed by atoms with van der Waals surface area (Å²) < 4.78 is 37.5. The van der Waals surface area contributed by atoms with Gasteiger partial charge in [0.1, 0.15) is 0 Å². The van der Waals surface area contributed by atoms with Crippen LogP contribution in [-0.2, 0) is 6.18 Å². The number of hydrogen-bond acceptors (Lipinski definition) is 3. The fraction of sp³-hybridized carbons (Fsp3) is 0.333. The second-order valence-corrected chi connectivity index (χ2v) is 3.74. The Balaban J connectivity index is 2.90. The molecule has 4 N–H and O–H groups in total. The van der Waals surface area contributed by atoms with E-state index in [0.29, 0.717) is 5.56 Å². The number of anilines is 1. The van der Waals surface area contributed by atoms with Crippen LogP contribution >= 0.6 is 0 Å². The van der Waals surface area contributed by atoms with E-state index in [1.807, 2.05) is 13.1 Å². The highest BCUT2D eigenvalue weighted by Gasteiger charge is 2.30. The lowest BCUT2D eigenvalue weighted by molar-refractivity contribution is -0.137. The number of halogens is 3. The number of nitrogens with two attached hydrogens (primary N) is 1. The fourth-order valence-electron chi connectivity index (χ4n) is 1.44. The van der Waals surface area contributed by atoms with Gasteiger partial charge in [0.15, 0.2) is 0 Å². The smallest absolute Gasteiger partial charge is 0.324 e. The molecule has 0 aromatic heterocycles. The number of nitrogen functional groups attached to an aromatic ring is 1. The number of benzene rings is 1. The Morgan fingerprint density at radius 3 is 2.61 bits per heavy atom. The summed E-state index contributed by atoms with van der Waals surface area (Å²) in [5, 5.41) is 2.97. The number of hydrogen-bond donors (Lipinski definition) is 3. The molecular formula is C12H16F3N3. The van der Waals surface area contributed by atoms with Gasteiger partial charge < -0.3 is 10.7 Å². The van der Waals surface area contributed by atoms with Crippen LogP contribution in [0.2, 0.25) is 0 Å². The molecular weight excluding hydrogens is 243 g/mol. The van der Waals surface area contributed by atoms with Crippen molar-refractivity contribution in [1.82, 2.24) is 5.32 Å². The van der Waals surface area contributed by atoms with Gasteiger partial charge in [-0.1, -0.05) is 18.2 Å². The zero-order valence-corrected chi connectivity index (χ0v) is 10.0. The predicted octanol–water partition coefficient (Wildman–Crippen LogP) is 2.61. The molecule has 0 radical (unpaired) electrons. The number of rotatable bonds is 5. The highest BCUT2D eigenvalue weighted by Crippen LogP contribution is 2.32. The summed E-state index contributed by atoms with van der Waals surface area (Å²) in [6, 6.07) is 3.43. The zero-order chi connectivity index (χ0) is 13.6. The van der Waals surface area contributed by atoms with E-state index >= 15 is 0 Å². The molecule has 0 amide bonds. The minimum absolute atomic E-state index is 0.255. The monoisotopic (exact) mass is 259 g/mol. The second-order valence-electron chi connectivity index (χ2n) is 3.74. The first-order valence-electron chi connectivity index (χ1n) is 5.48. The molecule has 1 rings (SSSR count). The third-order valence-electron chi connectivity index (χ3n) is 2.39. The van der Waals surface area contributed by atoms with E-state index in [2.05, 4.69) is 10.7 Å². The topological polar surface area (TPSA) is 50.1 Å². The van der Waals surface area contributed by atoms with Crippen LogP contribution in [0, 0.1) is 0 Å². The van der Waals surface area contributed by atoms with Gasteiger partial charge in [0.25, 0.3) is 0 Å². The summed E-state index contributed by atoms with van der Waals surface area (Å²) in [5.74, 6) is 5.23. The molecule has 6 heteroatoms. The lowest BCUT2D eigenvalue weighted by Crippen LogP contribution is -2.11. The second kappa shape index (κ2) is 6.42. The Labute approximate surface area is 104 Å². The summed E-state index contributed by atoms with van der Waals surface area (Å²) in [4.78, 5) is 0. The van der Waals surface area contributed by atoms with Crippen LogP contribution in [0.1, 0.15) is 17.5 Å². The van der Waals surface area contributed by atoms with E-state index in [4.69, 9.17) is 5.84 Å². The number of alkyl halides is 3. The van der Waals surface area contributed by atoms with Crippen molar-refractivity contribution < 1.29 is 13.2 Å². The molecule has 0 spiro atoms. The van der Waals surface area contributed by atoms with E-state index < -0.39 is 11.7 Å². The molecule has 0 unspecified atom stereocenters. The van der Waals surface area contributed by atoms with Gasteiger partial charge in [-0.15, -0.1) is 0 Å². The fourth-order valence-corrected chi connectivity index (χ4v) is 1.44. The third-order valence-corrected chi connectivity index (χ3v) is 2.39. The predicted molar refractivity (Wildman–Crippen MR) is 66.8 cm³/mol. The van der Waals surface area contributed by atoms with Crippen molar-refractivity contribution in [2.24, 2.45) is 5.84 Å².